The van der Waals surface area contributed by atoms with E-state index in [0.717, 1.165) is 15.7 Å². The van der Waals surface area contributed by atoms with E-state index in [9.17, 15) is 4.79 Å². The smallest absolute Gasteiger partial charge is 0.252 e. The van der Waals surface area contributed by atoms with E-state index in [0.29, 0.717) is 17.8 Å². The van der Waals surface area contributed by atoms with E-state index in [2.05, 4.69) is 26.3 Å². The summed E-state index contributed by atoms with van der Waals surface area (Å²) in [6.07, 6.45) is 1.75. The van der Waals surface area contributed by atoms with Gasteiger partial charge in [0.2, 0.25) is 0 Å². The van der Waals surface area contributed by atoms with Gasteiger partial charge in [0.15, 0.2) is 0 Å². The first-order chi connectivity index (χ1) is 8.99. The van der Waals surface area contributed by atoms with Crippen LogP contribution in [0.3, 0.4) is 0 Å². The van der Waals surface area contributed by atoms with Gasteiger partial charge < -0.3 is 11.1 Å². The van der Waals surface area contributed by atoms with Gasteiger partial charge in [-0.05, 0) is 41.1 Å². The molecule has 0 unspecified atom stereocenters. The number of carbonyl (C=O) groups is 1. The summed E-state index contributed by atoms with van der Waals surface area (Å²) in [5, 5.41) is 6.99. The number of halogens is 1. The zero-order valence-electron chi connectivity index (χ0n) is 10.8. The number of rotatable bonds is 3. The lowest BCUT2D eigenvalue weighted by Gasteiger charge is -2.07. The molecule has 1 aromatic heterocycles. The summed E-state index contributed by atoms with van der Waals surface area (Å²) in [6, 6.07) is 5.15. The van der Waals surface area contributed by atoms with Gasteiger partial charge in [0.25, 0.3) is 5.91 Å². The summed E-state index contributed by atoms with van der Waals surface area (Å²) in [5.74, 6) is -0.164. The molecule has 2 rings (SSSR count). The number of hydrogen-bond acceptors (Lipinski definition) is 3. The van der Waals surface area contributed by atoms with Crippen molar-refractivity contribution in [3.8, 4) is 0 Å². The molecule has 1 amide bonds. The standard InChI is InChI=1S/C13H15BrN4O/c1-8-9(7-17-18(8)2)6-16-13(19)11-5-10(15)3-4-12(11)14/h3-5,7H,6,15H2,1-2H3,(H,16,19). The third-order valence-electron chi connectivity index (χ3n) is 3.01. The van der Waals surface area contributed by atoms with Crippen molar-refractivity contribution in [1.29, 1.82) is 0 Å². The van der Waals surface area contributed by atoms with Crippen molar-refractivity contribution in [2.45, 2.75) is 13.5 Å². The average molecular weight is 323 g/mol. The molecule has 19 heavy (non-hydrogen) atoms. The van der Waals surface area contributed by atoms with Gasteiger partial charge in [-0.2, -0.15) is 5.10 Å². The zero-order valence-corrected chi connectivity index (χ0v) is 12.4. The maximum absolute atomic E-state index is 12.1. The normalized spacial score (nSPS) is 10.5. The number of nitrogens with one attached hydrogen (secondary N) is 1. The highest BCUT2D eigenvalue weighted by Gasteiger charge is 2.11. The zero-order chi connectivity index (χ0) is 14.0. The summed E-state index contributed by atoms with van der Waals surface area (Å²) in [6.45, 7) is 2.41. The Morgan fingerprint density at radius 3 is 2.89 bits per heavy atom. The lowest BCUT2D eigenvalue weighted by molar-refractivity contribution is 0.0950. The Hall–Kier alpha value is -1.82. The number of nitrogens with two attached hydrogens (primary N) is 1. The van der Waals surface area contributed by atoms with E-state index < -0.39 is 0 Å². The summed E-state index contributed by atoms with van der Waals surface area (Å²) in [5.41, 5.74) is 8.81. The van der Waals surface area contributed by atoms with Crippen molar-refractivity contribution in [2.75, 3.05) is 5.73 Å². The molecule has 1 aromatic carbocycles. The summed E-state index contributed by atoms with van der Waals surface area (Å²) in [4.78, 5) is 12.1. The number of benzene rings is 1. The summed E-state index contributed by atoms with van der Waals surface area (Å²) < 4.78 is 2.50. The van der Waals surface area contributed by atoms with Crippen molar-refractivity contribution >= 4 is 27.5 Å². The predicted molar refractivity (Wildman–Crippen MR) is 77.7 cm³/mol. The second kappa shape index (κ2) is 5.44. The maximum atomic E-state index is 12.1. The Bertz CT molecular complexity index is 621. The molecule has 0 spiro atoms. The van der Waals surface area contributed by atoms with Crippen molar-refractivity contribution in [3.05, 3.63) is 45.7 Å². The highest BCUT2D eigenvalue weighted by Crippen LogP contribution is 2.19. The first-order valence-corrected chi connectivity index (χ1v) is 6.59. The largest absolute Gasteiger partial charge is 0.399 e. The van der Waals surface area contributed by atoms with Crippen molar-refractivity contribution in [1.82, 2.24) is 15.1 Å². The number of anilines is 1. The SMILES string of the molecule is Cc1c(CNC(=O)c2cc(N)ccc2Br)cnn1C. The van der Waals surface area contributed by atoms with E-state index >= 15 is 0 Å². The van der Waals surface area contributed by atoms with Gasteiger partial charge in [0.1, 0.15) is 0 Å². The average Bonchev–Trinajstić information content (AvgIpc) is 2.70. The van der Waals surface area contributed by atoms with Crippen LogP contribution in [-0.4, -0.2) is 15.7 Å². The molecular formula is C13H15BrN4O. The fraction of sp³-hybridized carbons (Fsp3) is 0.231. The maximum Gasteiger partial charge on any atom is 0.252 e. The van der Waals surface area contributed by atoms with Crippen LogP contribution in [0.25, 0.3) is 0 Å². The van der Waals surface area contributed by atoms with Crippen LogP contribution in [0.5, 0.6) is 0 Å². The number of carbonyl (C=O) groups excluding carboxylic acids is 1. The molecule has 0 saturated heterocycles. The lowest BCUT2D eigenvalue weighted by atomic mass is 10.2. The molecular weight excluding hydrogens is 308 g/mol. The Labute approximate surface area is 119 Å². The van der Waals surface area contributed by atoms with Crippen LogP contribution in [0, 0.1) is 6.92 Å². The quantitative estimate of drug-likeness (QED) is 0.849. The van der Waals surface area contributed by atoms with Gasteiger partial charge in [-0.15, -0.1) is 0 Å². The third-order valence-corrected chi connectivity index (χ3v) is 3.70. The molecule has 1 heterocycles. The first kappa shape index (κ1) is 13.6. The molecule has 5 nitrogen and oxygen atoms in total. The molecule has 2 aromatic rings. The molecule has 0 aliphatic rings. The second-order valence-electron chi connectivity index (χ2n) is 4.30. The van der Waals surface area contributed by atoms with Crippen LogP contribution in [0.15, 0.2) is 28.9 Å². The van der Waals surface area contributed by atoms with E-state index in [1.165, 1.54) is 0 Å². The Kier molecular flexibility index (Phi) is 3.90. The highest BCUT2D eigenvalue weighted by molar-refractivity contribution is 9.10. The van der Waals surface area contributed by atoms with Crippen LogP contribution >= 0.6 is 15.9 Å². The number of amides is 1. The van der Waals surface area contributed by atoms with Crippen LogP contribution in [0.2, 0.25) is 0 Å². The van der Waals surface area contributed by atoms with Gasteiger partial charge in [0.05, 0.1) is 11.8 Å². The van der Waals surface area contributed by atoms with E-state index in [1.54, 1.807) is 29.1 Å². The van der Waals surface area contributed by atoms with Crippen molar-refractivity contribution in [2.24, 2.45) is 7.05 Å². The number of nitrogen functional groups attached to an aromatic ring is 1. The molecule has 0 radical (unpaired) electrons. The Balaban J connectivity index is 2.09. The van der Waals surface area contributed by atoms with Crippen LogP contribution in [0.4, 0.5) is 5.69 Å². The number of hydrogen-bond donors (Lipinski definition) is 2. The minimum absolute atomic E-state index is 0.164. The van der Waals surface area contributed by atoms with E-state index in [1.807, 2.05) is 14.0 Å². The Morgan fingerprint density at radius 2 is 2.26 bits per heavy atom. The molecule has 0 aliphatic heterocycles. The van der Waals surface area contributed by atoms with Gasteiger partial charge in [-0.1, -0.05) is 0 Å². The Morgan fingerprint density at radius 1 is 1.53 bits per heavy atom. The fourth-order valence-electron chi connectivity index (χ4n) is 1.71. The minimum Gasteiger partial charge on any atom is -0.399 e. The molecule has 0 fully saturated rings. The molecule has 0 saturated carbocycles. The molecule has 6 heteroatoms. The van der Waals surface area contributed by atoms with E-state index in [4.69, 9.17) is 5.73 Å². The molecule has 0 bridgehead atoms. The van der Waals surface area contributed by atoms with Crippen molar-refractivity contribution in [3.63, 3.8) is 0 Å². The first-order valence-electron chi connectivity index (χ1n) is 5.79. The van der Waals surface area contributed by atoms with Crippen LogP contribution in [-0.2, 0) is 13.6 Å². The van der Waals surface area contributed by atoms with Crippen LogP contribution in [0.1, 0.15) is 21.6 Å². The minimum atomic E-state index is -0.164. The van der Waals surface area contributed by atoms with Gasteiger partial charge in [0, 0.05) is 35.0 Å². The highest BCUT2D eigenvalue weighted by atomic mass is 79.9. The van der Waals surface area contributed by atoms with Gasteiger partial charge in [-0.25, -0.2) is 0 Å². The van der Waals surface area contributed by atoms with Gasteiger partial charge >= 0.3 is 0 Å². The van der Waals surface area contributed by atoms with E-state index in [-0.39, 0.29) is 5.91 Å². The lowest BCUT2D eigenvalue weighted by Crippen LogP contribution is -2.23. The number of aryl methyl sites for hydroxylation is 1. The predicted octanol–water partition coefficient (Wildman–Crippen LogP) is 2.00. The molecule has 0 aliphatic carbocycles. The summed E-state index contributed by atoms with van der Waals surface area (Å²) in [7, 11) is 1.87. The number of aromatic nitrogens is 2. The molecule has 100 valence electrons. The molecule has 0 atom stereocenters. The fourth-order valence-corrected chi connectivity index (χ4v) is 2.13. The van der Waals surface area contributed by atoms with Gasteiger partial charge in [-0.3, -0.25) is 9.48 Å². The number of nitrogens with zero attached hydrogens (tertiary/aromatic N) is 2. The second-order valence-corrected chi connectivity index (χ2v) is 5.16. The monoisotopic (exact) mass is 322 g/mol. The molecule has 3 N–H and O–H groups in total. The topological polar surface area (TPSA) is 72.9 Å². The van der Waals surface area contributed by atoms with Crippen LogP contribution < -0.4 is 11.1 Å². The van der Waals surface area contributed by atoms with Crippen molar-refractivity contribution < 1.29 is 4.79 Å². The summed E-state index contributed by atoms with van der Waals surface area (Å²) >= 11 is 3.34. The third kappa shape index (κ3) is 2.96.